The van der Waals surface area contributed by atoms with E-state index in [1.165, 1.54) is 0 Å². The van der Waals surface area contributed by atoms with Gasteiger partial charge >= 0.3 is 0 Å². The van der Waals surface area contributed by atoms with Crippen LogP contribution in [0.3, 0.4) is 0 Å². The number of rotatable bonds is 3. The Labute approximate surface area is 127 Å². The SMILES string of the molecule is N#CCc1nc2ccccc2n1-c1ccc(CN)c(Cl)c1. The van der Waals surface area contributed by atoms with E-state index in [9.17, 15) is 0 Å². The van der Waals surface area contributed by atoms with Gasteiger partial charge in [-0.3, -0.25) is 4.57 Å². The van der Waals surface area contributed by atoms with Crippen molar-refractivity contribution < 1.29 is 0 Å². The smallest absolute Gasteiger partial charge is 0.128 e. The average Bonchev–Trinajstić information content (AvgIpc) is 2.85. The molecule has 1 aromatic heterocycles. The molecule has 1 heterocycles. The second kappa shape index (κ2) is 5.57. The first-order valence-electron chi connectivity index (χ1n) is 6.56. The molecular formula is C16H13ClN4. The number of fused-ring (bicyclic) bond motifs is 1. The fourth-order valence-electron chi connectivity index (χ4n) is 2.39. The number of nitrogens with two attached hydrogens (primary N) is 1. The molecule has 0 aliphatic carbocycles. The molecule has 3 aromatic rings. The zero-order chi connectivity index (χ0) is 14.8. The molecule has 2 aromatic carbocycles. The summed E-state index contributed by atoms with van der Waals surface area (Å²) in [6.45, 7) is 0.398. The van der Waals surface area contributed by atoms with Gasteiger partial charge in [0.15, 0.2) is 0 Å². The zero-order valence-corrected chi connectivity index (χ0v) is 12.0. The molecule has 0 saturated carbocycles. The highest BCUT2D eigenvalue weighted by Crippen LogP contribution is 2.25. The monoisotopic (exact) mass is 296 g/mol. The van der Waals surface area contributed by atoms with Crippen LogP contribution in [-0.2, 0) is 13.0 Å². The summed E-state index contributed by atoms with van der Waals surface area (Å²) in [4.78, 5) is 4.52. The lowest BCUT2D eigenvalue weighted by Crippen LogP contribution is -2.02. The van der Waals surface area contributed by atoms with Crippen LogP contribution in [0.25, 0.3) is 16.7 Å². The summed E-state index contributed by atoms with van der Waals surface area (Å²) < 4.78 is 1.96. The summed E-state index contributed by atoms with van der Waals surface area (Å²) in [5.74, 6) is 0.704. The Kier molecular flexibility index (Phi) is 3.61. The molecule has 0 fully saturated rings. The summed E-state index contributed by atoms with van der Waals surface area (Å²) in [6.07, 6.45) is 0.241. The Bertz CT molecular complexity index is 845. The third kappa shape index (κ3) is 2.38. The van der Waals surface area contributed by atoms with E-state index in [0.717, 1.165) is 22.3 Å². The van der Waals surface area contributed by atoms with Crippen LogP contribution in [0.5, 0.6) is 0 Å². The number of aromatic nitrogens is 2. The minimum atomic E-state index is 0.241. The van der Waals surface area contributed by atoms with Crippen LogP contribution in [0.1, 0.15) is 11.4 Å². The second-order valence-corrected chi connectivity index (χ2v) is 5.07. The molecule has 0 unspecified atom stereocenters. The number of para-hydroxylation sites is 2. The normalized spacial score (nSPS) is 10.7. The maximum Gasteiger partial charge on any atom is 0.128 e. The maximum atomic E-state index is 9.01. The number of nitrogens with zero attached hydrogens (tertiary/aromatic N) is 3. The van der Waals surface area contributed by atoms with Crippen LogP contribution in [0.15, 0.2) is 42.5 Å². The topological polar surface area (TPSA) is 67.6 Å². The van der Waals surface area contributed by atoms with Crippen molar-refractivity contribution >= 4 is 22.6 Å². The molecule has 3 rings (SSSR count). The van der Waals surface area contributed by atoms with E-state index in [1.54, 1.807) is 0 Å². The van der Waals surface area contributed by atoms with Gasteiger partial charge in [0.25, 0.3) is 0 Å². The number of benzene rings is 2. The quantitative estimate of drug-likeness (QED) is 0.807. The van der Waals surface area contributed by atoms with Crippen LogP contribution in [0.2, 0.25) is 5.02 Å². The van der Waals surface area contributed by atoms with Crippen molar-refractivity contribution in [3.63, 3.8) is 0 Å². The molecule has 0 saturated heterocycles. The van der Waals surface area contributed by atoms with Crippen molar-refractivity contribution in [3.05, 3.63) is 58.9 Å². The van der Waals surface area contributed by atoms with Crippen molar-refractivity contribution in [1.29, 1.82) is 5.26 Å². The number of nitriles is 1. The molecule has 21 heavy (non-hydrogen) atoms. The van der Waals surface area contributed by atoms with Gasteiger partial charge in [-0.25, -0.2) is 4.98 Å². The van der Waals surface area contributed by atoms with Crippen LogP contribution >= 0.6 is 11.6 Å². The summed E-state index contributed by atoms with van der Waals surface area (Å²) in [7, 11) is 0. The van der Waals surface area contributed by atoms with Crippen molar-refractivity contribution in [2.75, 3.05) is 0 Å². The first-order valence-corrected chi connectivity index (χ1v) is 6.94. The van der Waals surface area contributed by atoms with Crippen molar-refractivity contribution in [1.82, 2.24) is 9.55 Å². The first-order chi connectivity index (χ1) is 10.2. The highest BCUT2D eigenvalue weighted by Gasteiger charge is 2.12. The molecule has 4 nitrogen and oxygen atoms in total. The fraction of sp³-hybridized carbons (Fsp3) is 0.125. The minimum Gasteiger partial charge on any atom is -0.326 e. The maximum absolute atomic E-state index is 9.01. The molecule has 5 heteroatoms. The number of imidazole rings is 1. The van der Waals surface area contributed by atoms with E-state index in [1.807, 2.05) is 47.0 Å². The third-order valence-electron chi connectivity index (χ3n) is 3.38. The van der Waals surface area contributed by atoms with E-state index in [4.69, 9.17) is 22.6 Å². The van der Waals surface area contributed by atoms with Crippen molar-refractivity contribution in [2.24, 2.45) is 5.73 Å². The number of hydrogen-bond donors (Lipinski definition) is 1. The summed E-state index contributed by atoms with van der Waals surface area (Å²) in [6, 6.07) is 15.7. The molecule has 0 aliphatic rings. The lowest BCUT2D eigenvalue weighted by Gasteiger charge is -2.10. The first kappa shape index (κ1) is 13.6. The van der Waals surface area contributed by atoms with Crippen molar-refractivity contribution in [2.45, 2.75) is 13.0 Å². The summed E-state index contributed by atoms with van der Waals surface area (Å²) in [5, 5.41) is 9.63. The molecule has 0 atom stereocenters. The van der Waals surface area contributed by atoms with Crippen LogP contribution in [0, 0.1) is 11.3 Å². The Morgan fingerprint density at radius 2 is 2.05 bits per heavy atom. The van der Waals surface area contributed by atoms with Gasteiger partial charge in [-0.1, -0.05) is 29.8 Å². The summed E-state index contributed by atoms with van der Waals surface area (Å²) >= 11 is 6.25. The molecule has 2 N–H and O–H groups in total. The van der Waals surface area contributed by atoms with Crippen LogP contribution in [0.4, 0.5) is 0 Å². The Morgan fingerprint density at radius 1 is 1.24 bits per heavy atom. The third-order valence-corrected chi connectivity index (χ3v) is 3.73. The largest absolute Gasteiger partial charge is 0.326 e. The van der Waals surface area contributed by atoms with Gasteiger partial charge in [-0.15, -0.1) is 0 Å². The molecule has 0 radical (unpaired) electrons. The van der Waals surface area contributed by atoms with Crippen molar-refractivity contribution in [3.8, 4) is 11.8 Å². The van der Waals surface area contributed by atoms with Gasteiger partial charge in [-0.2, -0.15) is 5.26 Å². The van der Waals surface area contributed by atoms with Gasteiger partial charge in [-0.05, 0) is 29.8 Å². The number of halogens is 1. The molecule has 0 spiro atoms. The van der Waals surface area contributed by atoms with E-state index in [0.29, 0.717) is 17.4 Å². The second-order valence-electron chi connectivity index (χ2n) is 4.67. The molecular weight excluding hydrogens is 284 g/mol. The zero-order valence-electron chi connectivity index (χ0n) is 11.3. The van der Waals surface area contributed by atoms with Crippen LogP contribution < -0.4 is 5.73 Å². The minimum absolute atomic E-state index is 0.241. The van der Waals surface area contributed by atoms with Gasteiger partial charge in [0.1, 0.15) is 5.82 Å². The molecule has 0 bridgehead atoms. The highest BCUT2D eigenvalue weighted by molar-refractivity contribution is 6.31. The predicted molar refractivity (Wildman–Crippen MR) is 83.3 cm³/mol. The molecule has 0 amide bonds. The van der Waals surface area contributed by atoms with E-state index >= 15 is 0 Å². The molecule has 104 valence electrons. The Morgan fingerprint density at radius 3 is 2.76 bits per heavy atom. The predicted octanol–water partition coefficient (Wildman–Crippen LogP) is 3.20. The Hall–Kier alpha value is -2.35. The van der Waals surface area contributed by atoms with E-state index in [2.05, 4.69) is 11.1 Å². The lowest BCUT2D eigenvalue weighted by atomic mass is 10.2. The van der Waals surface area contributed by atoms with E-state index < -0.39 is 0 Å². The van der Waals surface area contributed by atoms with Gasteiger partial charge in [0.2, 0.25) is 0 Å². The average molecular weight is 297 g/mol. The van der Waals surface area contributed by atoms with Gasteiger partial charge in [0, 0.05) is 17.3 Å². The Balaban J connectivity index is 2.25. The standard InChI is InChI=1S/C16H13ClN4/c17-13-9-12(6-5-11(13)10-19)21-15-4-2-1-3-14(15)20-16(21)7-8-18/h1-6,9H,7,10,19H2. The van der Waals surface area contributed by atoms with Gasteiger partial charge in [0.05, 0.1) is 23.5 Å². The summed E-state index contributed by atoms with van der Waals surface area (Å²) in [5.41, 5.74) is 9.24. The highest BCUT2D eigenvalue weighted by atomic mass is 35.5. The fourth-order valence-corrected chi connectivity index (χ4v) is 2.65. The lowest BCUT2D eigenvalue weighted by molar-refractivity contribution is 0.951. The van der Waals surface area contributed by atoms with Crippen LogP contribution in [-0.4, -0.2) is 9.55 Å². The number of hydrogen-bond acceptors (Lipinski definition) is 3. The van der Waals surface area contributed by atoms with Gasteiger partial charge < -0.3 is 5.73 Å². The van der Waals surface area contributed by atoms with E-state index in [-0.39, 0.29) is 6.42 Å². The molecule has 0 aliphatic heterocycles.